The van der Waals surface area contributed by atoms with Gasteiger partial charge >= 0.3 is 0 Å². The van der Waals surface area contributed by atoms with E-state index < -0.39 is 0 Å². The fourth-order valence-corrected chi connectivity index (χ4v) is 3.41. The van der Waals surface area contributed by atoms with Crippen LogP contribution in [0.1, 0.15) is 96.0 Å². The molecule has 2 rings (SSSR count). The lowest BCUT2D eigenvalue weighted by atomic mass is 10.0. The van der Waals surface area contributed by atoms with Gasteiger partial charge < -0.3 is 9.47 Å². The summed E-state index contributed by atoms with van der Waals surface area (Å²) in [5, 5.41) is 0. The minimum atomic E-state index is 0.308. The van der Waals surface area contributed by atoms with E-state index in [-0.39, 0.29) is 0 Å². The van der Waals surface area contributed by atoms with Crippen LogP contribution < -0.4 is 4.74 Å². The zero-order valence-electron chi connectivity index (χ0n) is 17.5. The van der Waals surface area contributed by atoms with Crippen LogP contribution in [-0.4, -0.2) is 19.3 Å². The summed E-state index contributed by atoms with van der Waals surface area (Å²) in [4.78, 5) is 0. The van der Waals surface area contributed by atoms with Gasteiger partial charge in [0.1, 0.15) is 18.5 Å². The van der Waals surface area contributed by atoms with Crippen LogP contribution in [0.3, 0.4) is 0 Å². The summed E-state index contributed by atoms with van der Waals surface area (Å²) in [5.74, 6) is 0.971. The number of epoxide rings is 1. The van der Waals surface area contributed by atoms with Crippen molar-refractivity contribution >= 4 is 6.08 Å². The van der Waals surface area contributed by atoms with Crippen molar-refractivity contribution in [2.24, 2.45) is 0 Å². The molecule has 0 N–H and O–H groups in total. The van der Waals surface area contributed by atoms with Crippen LogP contribution in [-0.2, 0) is 4.74 Å². The van der Waals surface area contributed by atoms with Gasteiger partial charge in [0.15, 0.2) is 0 Å². The lowest BCUT2D eigenvalue weighted by Crippen LogP contribution is -2.04. The smallest absolute Gasteiger partial charge is 0.126 e. The second-order valence-corrected chi connectivity index (χ2v) is 7.88. The molecule has 2 nitrogen and oxygen atoms in total. The normalized spacial score (nSPS) is 16.1. The molecule has 1 aromatic rings. The fraction of sp³-hybridized carbons (Fsp3) is 0.680. The lowest BCUT2D eigenvalue weighted by Gasteiger charge is -2.07. The van der Waals surface area contributed by atoms with Gasteiger partial charge in [-0.2, -0.15) is 0 Å². The predicted molar refractivity (Wildman–Crippen MR) is 116 cm³/mol. The molecule has 1 aromatic carbocycles. The maximum absolute atomic E-state index is 5.85. The van der Waals surface area contributed by atoms with E-state index in [0.29, 0.717) is 12.7 Å². The van der Waals surface area contributed by atoms with Crippen LogP contribution in [0.25, 0.3) is 6.08 Å². The Bertz CT molecular complexity index is 505. The highest BCUT2D eigenvalue weighted by molar-refractivity contribution is 5.57. The summed E-state index contributed by atoms with van der Waals surface area (Å²) < 4.78 is 11.1. The Hall–Kier alpha value is -1.28. The summed E-state index contributed by atoms with van der Waals surface area (Å²) in [7, 11) is 0. The SMILES string of the molecule is CCCCCCCCCCCCCC/C=C/c1ccccc1OCC1CO1. The van der Waals surface area contributed by atoms with Gasteiger partial charge in [0.2, 0.25) is 0 Å². The Morgan fingerprint density at radius 1 is 0.889 bits per heavy atom. The summed E-state index contributed by atoms with van der Waals surface area (Å²) in [6, 6.07) is 8.28. The molecule has 0 aromatic heterocycles. The van der Waals surface area contributed by atoms with E-state index in [1.165, 1.54) is 82.6 Å². The maximum Gasteiger partial charge on any atom is 0.126 e. The number of rotatable bonds is 17. The Morgan fingerprint density at radius 3 is 2.11 bits per heavy atom. The average Bonchev–Trinajstić information content (AvgIpc) is 3.52. The Morgan fingerprint density at radius 2 is 1.48 bits per heavy atom. The monoisotopic (exact) mass is 372 g/mol. The molecule has 1 unspecified atom stereocenters. The third-order valence-corrected chi connectivity index (χ3v) is 5.27. The van der Waals surface area contributed by atoms with E-state index in [1.54, 1.807) is 0 Å². The minimum absolute atomic E-state index is 0.308. The van der Waals surface area contributed by atoms with Crippen LogP contribution in [0.2, 0.25) is 0 Å². The van der Waals surface area contributed by atoms with E-state index in [4.69, 9.17) is 9.47 Å². The largest absolute Gasteiger partial charge is 0.490 e. The van der Waals surface area contributed by atoms with Crippen molar-refractivity contribution in [1.82, 2.24) is 0 Å². The molecular formula is C25H40O2. The molecule has 1 fully saturated rings. The van der Waals surface area contributed by atoms with Crippen molar-refractivity contribution in [3.05, 3.63) is 35.9 Å². The number of allylic oxidation sites excluding steroid dienone is 1. The highest BCUT2D eigenvalue weighted by atomic mass is 16.6. The molecule has 0 amide bonds. The first-order valence-corrected chi connectivity index (χ1v) is 11.4. The number of hydrogen-bond donors (Lipinski definition) is 0. The van der Waals surface area contributed by atoms with Gasteiger partial charge in [-0.3, -0.25) is 0 Å². The van der Waals surface area contributed by atoms with Gasteiger partial charge in [-0.05, 0) is 18.9 Å². The van der Waals surface area contributed by atoms with Gasteiger partial charge in [0.25, 0.3) is 0 Å². The first-order valence-electron chi connectivity index (χ1n) is 11.4. The van der Waals surface area contributed by atoms with Crippen molar-refractivity contribution in [3.63, 3.8) is 0 Å². The molecular weight excluding hydrogens is 332 g/mol. The number of ether oxygens (including phenoxy) is 2. The molecule has 27 heavy (non-hydrogen) atoms. The van der Waals surface area contributed by atoms with Gasteiger partial charge in [0, 0.05) is 5.56 Å². The molecule has 0 radical (unpaired) electrons. The van der Waals surface area contributed by atoms with Gasteiger partial charge in [-0.25, -0.2) is 0 Å². The number of hydrogen-bond acceptors (Lipinski definition) is 2. The molecule has 152 valence electrons. The summed E-state index contributed by atoms with van der Waals surface area (Å²) in [6.07, 6.45) is 22.9. The van der Waals surface area contributed by atoms with E-state index >= 15 is 0 Å². The van der Waals surface area contributed by atoms with Gasteiger partial charge in [0.05, 0.1) is 6.61 Å². The Balaban J connectivity index is 1.44. The number of unbranched alkanes of at least 4 members (excludes halogenated alkanes) is 12. The van der Waals surface area contributed by atoms with Crippen LogP contribution >= 0.6 is 0 Å². The van der Waals surface area contributed by atoms with Gasteiger partial charge in [-0.15, -0.1) is 0 Å². The number of para-hydroxylation sites is 1. The van der Waals surface area contributed by atoms with Gasteiger partial charge in [-0.1, -0.05) is 108 Å². The second kappa shape index (κ2) is 14.7. The third-order valence-electron chi connectivity index (χ3n) is 5.27. The van der Waals surface area contributed by atoms with Crippen LogP contribution in [0.4, 0.5) is 0 Å². The molecule has 1 atom stereocenters. The molecule has 0 bridgehead atoms. The minimum Gasteiger partial charge on any atom is -0.490 e. The van der Waals surface area contributed by atoms with E-state index in [0.717, 1.165) is 18.8 Å². The first-order chi connectivity index (χ1) is 13.4. The van der Waals surface area contributed by atoms with E-state index in [1.807, 2.05) is 12.1 Å². The number of benzene rings is 1. The quantitative estimate of drug-likeness (QED) is 0.208. The highest BCUT2D eigenvalue weighted by Gasteiger charge is 2.23. The zero-order chi connectivity index (χ0) is 19.0. The lowest BCUT2D eigenvalue weighted by molar-refractivity contribution is 0.262. The van der Waals surface area contributed by atoms with Crippen molar-refractivity contribution in [2.45, 2.75) is 96.5 Å². The zero-order valence-corrected chi connectivity index (χ0v) is 17.5. The van der Waals surface area contributed by atoms with E-state index in [2.05, 4.69) is 31.2 Å². The van der Waals surface area contributed by atoms with Crippen LogP contribution in [0.15, 0.2) is 30.3 Å². The average molecular weight is 373 g/mol. The van der Waals surface area contributed by atoms with Crippen molar-refractivity contribution in [3.8, 4) is 5.75 Å². The highest BCUT2D eigenvalue weighted by Crippen LogP contribution is 2.22. The summed E-state index contributed by atoms with van der Waals surface area (Å²) in [6.45, 7) is 3.80. The van der Waals surface area contributed by atoms with Crippen molar-refractivity contribution in [2.75, 3.05) is 13.2 Å². The Kier molecular flexibility index (Phi) is 12.0. The van der Waals surface area contributed by atoms with Crippen molar-refractivity contribution in [1.29, 1.82) is 0 Å². The van der Waals surface area contributed by atoms with Crippen LogP contribution in [0, 0.1) is 0 Å². The summed E-state index contributed by atoms with van der Waals surface area (Å²) >= 11 is 0. The molecule has 1 aliphatic rings. The Labute approximate surface area is 167 Å². The molecule has 0 spiro atoms. The third kappa shape index (κ3) is 11.2. The van der Waals surface area contributed by atoms with Crippen molar-refractivity contribution < 1.29 is 9.47 Å². The van der Waals surface area contributed by atoms with E-state index in [9.17, 15) is 0 Å². The fourth-order valence-electron chi connectivity index (χ4n) is 3.41. The molecule has 0 saturated carbocycles. The van der Waals surface area contributed by atoms with Crippen LogP contribution in [0.5, 0.6) is 5.75 Å². The second-order valence-electron chi connectivity index (χ2n) is 7.88. The first kappa shape index (κ1) is 22.0. The molecule has 0 aliphatic carbocycles. The standard InChI is InChI=1S/C25H40O2/c1-2-3-4-5-6-7-8-9-10-11-12-13-14-15-18-23-19-16-17-20-25(23)27-22-24-21-26-24/h15-20,24H,2-14,21-22H2,1H3/b18-15+. The predicted octanol–water partition coefficient (Wildman–Crippen LogP) is 7.57. The summed E-state index contributed by atoms with van der Waals surface area (Å²) in [5.41, 5.74) is 1.18. The maximum atomic E-state index is 5.85. The molecule has 1 heterocycles. The molecule has 1 saturated heterocycles. The molecule has 1 aliphatic heterocycles. The topological polar surface area (TPSA) is 21.8 Å². The molecule has 2 heteroatoms.